The van der Waals surface area contributed by atoms with E-state index in [0.29, 0.717) is 37.7 Å². The first kappa shape index (κ1) is 17.7. The summed E-state index contributed by atoms with van der Waals surface area (Å²) in [6, 6.07) is 14.7. The van der Waals surface area contributed by atoms with Crippen LogP contribution in [0, 0.1) is 0 Å². The molecule has 1 saturated heterocycles. The van der Waals surface area contributed by atoms with Crippen LogP contribution in [-0.2, 0) is 0 Å². The second-order valence-corrected chi connectivity index (χ2v) is 7.74. The van der Waals surface area contributed by atoms with E-state index in [1.165, 1.54) is 17.6 Å². The molecule has 8 heteroatoms. The maximum absolute atomic E-state index is 12.8. The molecule has 5 rings (SSSR count). The van der Waals surface area contributed by atoms with Gasteiger partial charge in [0.15, 0.2) is 22.3 Å². The van der Waals surface area contributed by atoms with E-state index in [0.717, 1.165) is 15.2 Å². The molecule has 0 aliphatic carbocycles. The Bertz CT molecular complexity index is 1140. The van der Waals surface area contributed by atoms with Gasteiger partial charge in [-0.2, -0.15) is 0 Å². The molecule has 7 nitrogen and oxygen atoms in total. The molecule has 0 spiro atoms. The van der Waals surface area contributed by atoms with Gasteiger partial charge in [0.05, 0.1) is 16.5 Å². The lowest BCUT2D eigenvalue weighted by Gasteiger charge is -2.33. The molecule has 0 atom stereocenters. The third kappa shape index (κ3) is 3.31. The van der Waals surface area contributed by atoms with Crippen molar-refractivity contribution < 1.29 is 18.4 Å². The largest absolute Gasteiger partial charge is 0.459 e. The standard InChI is InChI=1S/C21H17N3O4S/c25-20(16-5-3-13-27-16)23-9-11-24(12-10-23)21(26)17-8-7-15(28-17)19-22-14-4-1-2-6-18(14)29-19/h1-8,13H,9-12H2. The van der Waals surface area contributed by atoms with Gasteiger partial charge in [-0.05, 0) is 36.4 Å². The summed E-state index contributed by atoms with van der Waals surface area (Å²) in [5.41, 5.74) is 0.911. The van der Waals surface area contributed by atoms with Crippen LogP contribution < -0.4 is 0 Å². The van der Waals surface area contributed by atoms with Crippen molar-refractivity contribution in [2.45, 2.75) is 0 Å². The van der Waals surface area contributed by atoms with Crippen LogP contribution in [0.4, 0.5) is 0 Å². The maximum Gasteiger partial charge on any atom is 0.289 e. The number of para-hydroxylation sites is 1. The molecule has 0 saturated carbocycles. The molecule has 0 N–H and O–H groups in total. The Morgan fingerprint density at radius 1 is 0.862 bits per heavy atom. The second-order valence-electron chi connectivity index (χ2n) is 6.71. The molecule has 0 radical (unpaired) electrons. The number of carbonyl (C=O) groups is 2. The predicted molar refractivity (Wildman–Crippen MR) is 108 cm³/mol. The summed E-state index contributed by atoms with van der Waals surface area (Å²) in [5, 5.41) is 0.749. The van der Waals surface area contributed by atoms with Crippen molar-refractivity contribution in [1.82, 2.24) is 14.8 Å². The van der Waals surface area contributed by atoms with E-state index in [-0.39, 0.29) is 17.6 Å². The van der Waals surface area contributed by atoms with Crippen LogP contribution >= 0.6 is 11.3 Å². The van der Waals surface area contributed by atoms with Crippen molar-refractivity contribution in [1.29, 1.82) is 0 Å². The van der Waals surface area contributed by atoms with Gasteiger partial charge in [-0.15, -0.1) is 11.3 Å². The number of hydrogen-bond donors (Lipinski definition) is 0. The number of furan rings is 2. The van der Waals surface area contributed by atoms with E-state index >= 15 is 0 Å². The molecule has 1 aromatic carbocycles. The second kappa shape index (κ2) is 7.21. The molecular formula is C21H17N3O4S. The molecule has 0 unspecified atom stereocenters. The summed E-state index contributed by atoms with van der Waals surface area (Å²) in [6.45, 7) is 1.80. The fraction of sp³-hybridized carbons (Fsp3) is 0.190. The fourth-order valence-electron chi connectivity index (χ4n) is 3.37. The van der Waals surface area contributed by atoms with Gasteiger partial charge in [0, 0.05) is 26.2 Å². The first-order valence-corrected chi connectivity index (χ1v) is 10.1. The van der Waals surface area contributed by atoms with Gasteiger partial charge in [0.1, 0.15) is 0 Å². The molecule has 146 valence electrons. The molecule has 4 heterocycles. The van der Waals surface area contributed by atoms with Crippen molar-refractivity contribution in [2.24, 2.45) is 0 Å². The highest BCUT2D eigenvalue weighted by atomic mass is 32.1. The van der Waals surface area contributed by atoms with Crippen LogP contribution in [0.3, 0.4) is 0 Å². The van der Waals surface area contributed by atoms with Crippen LogP contribution in [0.25, 0.3) is 21.0 Å². The molecule has 0 bridgehead atoms. The molecular weight excluding hydrogens is 390 g/mol. The van der Waals surface area contributed by atoms with Gasteiger partial charge >= 0.3 is 0 Å². The van der Waals surface area contributed by atoms with E-state index in [2.05, 4.69) is 4.98 Å². The highest BCUT2D eigenvalue weighted by molar-refractivity contribution is 7.21. The zero-order chi connectivity index (χ0) is 19.8. The van der Waals surface area contributed by atoms with Crippen molar-refractivity contribution >= 4 is 33.4 Å². The number of carbonyl (C=O) groups excluding carboxylic acids is 2. The number of piperazine rings is 1. The van der Waals surface area contributed by atoms with Gasteiger partial charge in [-0.1, -0.05) is 12.1 Å². The van der Waals surface area contributed by atoms with Crippen LogP contribution in [-0.4, -0.2) is 52.8 Å². The minimum Gasteiger partial charge on any atom is -0.459 e. The lowest BCUT2D eigenvalue weighted by molar-refractivity contribution is 0.0502. The molecule has 2 amide bonds. The molecule has 1 fully saturated rings. The Morgan fingerprint density at radius 3 is 2.28 bits per heavy atom. The molecule has 4 aromatic rings. The number of fused-ring (bicyclic) bond motifs is 1. The first-order valence-electron chi connectivity index (χ1n) is 9.27. The molecule has 1 aliphatic heterocycles. The van der Waals surface area contributed by atoms with Crippen molar-refractivity contribution in [3.63, 3.8) is 0 Å². The van der Waals surface area contributed by atoms with Crippen molar-refractivity contribution in [3.05, 3.63) is 66.3 Å². The summed E-state index contributed by atoms with van der Waals surface area (Å²) in [5.74, 6) is 0.850. The monoisotopic (exact) mass is 407 g/mol. The normalized spacial score (nSPS) is 14.5. The Labute approximate surface area is 170 Å². The SMILES string of the molecule is O=C(c1ccco1)N1CCN(C(=O)c2ccc(-c3nc4ccccc4s3)o2)CC1. The van der Waals surface area contributed by atoms with Gasteiger partial charge in [-0.25, -0.2) is 4.98 Å². The summed E-state index contributed by atoms with van der Waals surface area (Å²) in [7, 11) is 0. The van der Waals surface area contributed by atoms with Crippen LogP contribution in [0.2, 0.25) is 0 Å². The Hall–Kier alpha value is -3.39. The number of rotatable bonds is 3. The van der Waals surface area contributed by atoms with Gasteiger partial charge < -0.3 is 18.6 Å². The minimum atomic E-state index is -0.178. The van der Waals surface area contributed by atoms with E-state index in [1.807, 2.05) is 24.3 Å². The third-order valence-electron chi connectivity index (χ3n) is 4.91. The quantitative estimate of drug-likeness (QED) is 0.517. The Morgan fingerprint density at radius 2 is 1.59 bits per heavy atom. The van der Waals surface area contributed by atoms with Crippen LogP contribution in [0.15, 0.2) is 63.6 Å². The maximum atomic E-state index is 12.8. The van der Waals surface area contributed by atoms with Crippen molar-refractivity contribution in [3.8, 4) is 10.8 Å². The third-order valence-corrected chi connectivity index (χ3v) is 5.96. The van der Waals surface area contributed by atoms with Gasteiger partial charge in [0.25, 0.3) is 11.8 Å². The number of hydrogen-bond acceptors (Lipinski definition) is 6. The average molecular weight is 407 g/mol. The highest BCUT2D eigenvalue weighted by Crippen LogP contribution is 2.31. The van der Waals surface area contributed by atoms with E-state index in [4.69, 9.17) is 8.83 Å². The molecule has 29 heavy (non-hydrogen) atoms. The lowest BCUT2D eigenvalue weighted by Crippen LogP contribution is -2.50. The fourth-order valence-corrected chi connectivity index (χ4v) is 4.30. The lowest BCUT2D eigenvalue weighted by atomic mass is 10.2. The number of benzene rings is 1. The predicted octanol–water partition coefficient (Wildman–Crippen LogP) is 3.75. The average Bonchev–Trinajstić information content (AvgIpc) is 3.52. The summed E-state index contributed by atoms with van der Waals surface area (Å²) in [4.78, 5) is 33.1. The topological polar surface area (TPSA) is 79.8 Å². The van der Waals surface area contributed by atoms with Crippen molar-refractivity contribution in [2.75, 3.05) is 26.2 Å². The summed E-state index contributed by atoms with van der Waals surface area (Å²) < 4.78 is 12.0. The zero-order valence-corrected chi connectivity index (χ0v) is 16.2. The summed E-state index contributed by atoms with van der Waals surface area (Å²) >= 11 is 1.53. The van der Waals surface area contributed by atoms with E-state index < -0.39 is 0 Å². The number of nitrogens with zero attached hydrogens (tertiary/aromatic N) is 3. The van der Waals surface area contributed by atoms with Crippen LogP contribution in [0.1, 0.15) is 21.1 Å². The minimum absolute atomic E-state index is 0.154. The highest BCUT2D eigenvalue weighted by Gasteiger charge is 2.28. The zero-order valence-electron chi connectivity index (χ0n) is 15.4. The Balaban J connectivity index is 1.26. The number of amides is 2. The molecule has 3 aromatic heterocycles. The molecule has 1 aliphatic rings. The smallest absolute Gasteiger partial charge is 0.289 e. The van der Waals surface area contributed by atoms with Gasteiger partial charge in [-0.3, -0.25) is 9.59 Å². The van der Waals surface area contributed by atoms with E-state index in [1.54, 1.807) is 34.1 Å². The first-order chi connectivity index (χ1) is 14.2. The number of thiazole rings is 1. The number of aromatic nitrogens is 1. The van der Waals surface area contributed by atoms with E-state index in [9.17, 15) is 9.59 Å². The van der Waals surface area contributed by atoms with Crippen LogP contribution in [0.5, 0.6) is 0 Å². The Kier molecular flexibility index (Phi) is 4.40. The summed E-state index contributed by atoms with van der Waals surface area (Å²) in [6.07, 6.45) is 1.48. The van der Waals surface area contributed by atoms with Gasteiger partial charge in [0.2, 0.25) is 0 Å².